The van der Waals surface area contributed by atoms with Crippen molar-refractivity contribution in [2.24, 2.45) is 4.99 Å². The fourth-order valence-corrected chi connectivity index (χ4v) is 2.15. The van der Waals surface area contributed by atoms with Gasteiger partial charge in [-0.2, -0.15) is 5.26 Å². The van der Waals surface area contributed by atoms with Gasteiger partial charge in [-0.3, -0.25) is 0 Å². The number of aliphatic imine (C=N–C) groups is 1. The van der Waals surface area contributed by atoms with Crippen molar-refractivity contribution in [3.63, 3.8) is 0 Å². The van der Waals surface area contributed by atoms with E-state index in [0.717, 1.165) is 29.7 Å². The quantitative estimate of drug-likeness (QED) is 0.621. The van der Waals surface area contributed by atoms with Crippen LogP contribution in [0.25, 0.3) is 10.9 Å². The van der Waals surface area contributed by atoms with Crippen molar-refractivity contribution in [3.05, 3.63) is 29.8 Å². The Kier molecular flexibility index (Phi) is 3.86. The normalized spacial score (nSPS) is 11.1. The molecule has 0 unspecified atom stereocenters. The van der Waals surface area contributed by atoms with Crippen molar-refractivity contribution in [3.8, 4) is 6.07 Å². The van der Waals surface area contributed by atoms with Gasteiger partial charge in [0.1, 0.15) is 11.6 Å². The van der Waals surface area contributed by atoms with E-state index >= 15 is 0 Å². The van der Waals surface area contributed by atoms with Crippen LogP contribution in [0.3, 0.4) is 0 Å². The number of aromatic nitrogens is 1. The lowest BCUT2D eigenvalue weighted by Crippen LogP contribution is -2.07. The molecule has 1 aromatic heterocycles. The first-order valence-corrected chi connectivity index (χ1v) is 6.41. The topological polar surface area (TPSA) is 44.3 Å². The van der Waals surface area contributed by atoms with Crippen molar-refractivity contribution >= 4 is 23.1 Å². The molecule has 0 N–H and O–H groups in total. The summed E-state index contributed by atoms with van der Waals surface area (Å²) in [5.74, 6) is 0.749. The van der Waals surface area contributed by atoms with Crippen LogP contribution in [-0.4, -0.2) is 29.9 Å². The van der Waals surface area contributed by atoms with Gasteiger partial charge in [0.15, 0.2) is 5.82 Å². The van der Waals surface area contributed by atoms with E-state index in [9.17, 15) is 5.26 Å². The molecule has 0 spiro atoms. The van der Waals surface area contributed by atoms with Crippen LogP contribution in [0.1, 0.15) is 18.9 Å². The maximum atomic E-state index is 9.41. The van der Waals surface area contributed by atoms with Crippen LogP contribution in [0.5, 0.6) is 0 Å². The largest absolute Gasteiger partial charge is 0.369 e. The molecule has 19 heavy (non-hydrogen) atoms. The third-order valence-corrected chi connectivity index (χ3v) is 2.91. The maximum Gasteiger partial charge on any atom is 0.153 e. The van der Waals surface area contributed by atoms with Crippen molar-refractivity contribution in [1.29, 1.82) is 5.26 Å². The molecule has 0 atom stereocenters. The van der Waals surface area contributed by atoms with Gasteiger partial charge in [-0.25, -0.2) is 4.99 Å². The van der Waals surface area contributed by atoms with Crippen molar-refractivity contribution in [2.75, 3.05) is 14.1 Å². The first kappa shape index (κ1) is 13.2. The standard InChI is InChI=1S/C15H18N4/c1-4-9-19-14-8-6-5-7-12(14)13(10-16)15(19)17-11-18(2)3/h5-8,11H,4,9H2,1-3H3/b17-11+. The minimum atomic E-state index is 0.655. The first-order chi connectivity index (χ1) is 9.19. The average Bonchev–Trinajstić information content (AvgIpc) is 2.70. The SMILES string of the molecule is CCCn1c(/N=C/N(C)C)c(C#N)c2ccccc21. The molecule has 0 saturated heterocycles. The Morgan fingerprint density at radius 2 is 2.11 bits per heavy atom. The zero-order chi connectivity index (χ0) is 13.8. The lowest BCUT2D eigenvalue weighted by Gasteiger charge is -2.07. The highest BCUT2D eigenvalue weighted by molar-refractivity contribution is 5.92. The Hall–Kier alpha value is -2.28. The molecule has 98 valence electrons. The predicted octanol–water partition coefficient (Wildman–Crippen LogP) is 3.14. The molecule has 1 heterocycles. The molecular formula is C15H18N4. The van der Waals surface area contributed by atoms with Crippen LogP contribution in [0.4, 0.5) is 5.82 Å². The number of nitriles is 1. The molecule has 0 aliphatic carbocycles. The highest BCUT2D eigenvalue weighted by Crippen LogP contribution is 2.31. The van der Waals surface area contributed by atoms with Crippen molar-refractivity contribution < 1.29 is 0 Å². The van der Waals surface area contributed by atoms with E-state index in [1.807, 2.05) is 43.3 Å². The molecule has 4 heteroatoms. The zero-order valence-electron chi connectivity index (χ0n) is 11.6. The molecule has 0 bridgehead atoms. The minimum Gasteiger partial charge on any atom is -0.369 e. The lowest BCUT2D eigenvalue weighted by atomic mass is 10.2. The first-order valence-electron chi connectivity index (χ1n) is 6.41. The molecule has 0 aliphatic heterocycles. The molecule has 4 nitrogen and oxygen atoms in total. The van der Waals surface area contributed by atoms with Crippen molar-refractivity contribution in [1.82, 2.24) is 9.47 Å². The Balaban J connectivity index is 2.71. The van der Waals surface area contributed by atoms with Gasteiger partial charge in [-0.1, -0.05) is 25.1 Å². The summed E-state index contributed by atoms with van der Waals surface area (Å²) in [5, 5.41) is 10.4. The highest BCUT2D eigenvalue weighted by Gasteiger charge is 2.15. The lowest BCUT2D eigenvalue weighted by molar-refractivity contribution is 0.640. The monoisotopic (exact) mass is 254 g/mol. The van der Waals surface area contributed by atoms with Crippen LogP contribution >= 0.6 is 0 Å². The van der Waals surface area contributed by atoms with Gasteiger partial charge < -0.3 is 9.47 Å². The smallest absolute Gasteiger partial charge is 0.153 e. The van der Waals surface area contributed by atoms with Gasteiger partial charge in [-0.15, -0.1) is 0 Å². The van der Waals surface area contributed by atoms with Crippen LogP contribution in [0.2, 0.25) is 0 Å². The summed E-state index contributed by atoms with van der Waals surface area (Å²) in [5.41, 5.74) is 1.73. The molecule has 0 saturated carbocycles. The van der Waals surface area contributed by atoms with E-state index < -0.39 is 0 Å². The molecule has 1 aromatic carbocycles. The third-order valence-electron chi connectivity index (χ3n) is 2.91. The number of para-hydroxylation sites is 1. The number of fused-ring (bicyclic) bond motifs is 1. The number of nitrogens with zero attached hydrogens (tertiary/aromatic N) is 4. The molecule has 0 amide bonds. The average molecular weight is 254 g/mol. The van der Waals surface area contributed by atoms with Gasteiger partial charge in [0, 0.05) is 26.0 Å². The maximum absolute atomic E-state index is 9.41. The number of hydrogen-bond acceptors (Lipinski definition) is 2. The van der Waals surface area contributed by atoms with Gasteiger partial charge in [0.05, 0.1) is 11.9 Å². The minimum absolute atomic E-state index is 0.655. The second-order valence-electron chi connectivity index (χ2n) is 4.69. The van der Waals surface area contributed by atoms with Crippen molar-refractivity contribution in [2.45, 2.75) is 19.9 Å². The number of aryl methyl sites for hydroxylation is 1. The van der Waals surface area contributed by atoms with E-state index in [0.29, 0.717) is 5.56 Å². The van der Waals surface area contributed by atoms with Crippen LogP contribution in [0.15, 0.2) is 29.3 Å². The molecular weight excluding hydrogens is 236 g/mol. The van der Waals surface area contributed by atoms with E-state index in [4.69, 9.17) is 0 Å². The fourth-order valence-electron chi connectivity index (χ4n) is 2.15. The van der Waals surface area contributed by atoms with Gasteiger partial charge in [0.25, 0.3) is 0 Å². The molecule has 0 fully saturated rings. The van der Waals surface area contributed by atoms with Gasteiger partial charge >= 0.3 is 0 Å². The molecule has 0 radical (unpaired) electrons. The third kappa shape index (κ3) is 2.45. The summed E-state index contributed by atoms with van der Waals surface area (Å²) in [6, 6.07) is 10.3. The highest BCUT2D eigenvalue weighted by atomic mass is 15.1. The van der Waals surface area contributed by atoms with E-state index in [2.05, 4.69) is 22.6 Å². The van der Waals surface area contributed by atoms with Crippen LogP contribution in [0, 0.1) is 11.3 Å². The second kappa shape index (κ2) is 5.57. The van der Waals surface area contributed by atoms with Crippen LogP contribution in [-0.2, 0) is 6.54 Å². The van der Waals surface area contributed by atoms with E-state index in [1.54, 1.807) is 6.34 Å². The molecule has 0 aliphatic rings. The molecule has 2 rings (SSSR count). The number of benzene rings is 1. The summed E-state index contributed by atoms with van der Waals surface area (Å²) >= 11 is 0. The zero-order valence-corrected chi connectivity index (χ0v) is 11.6. The number of hydrogen-bond donors (Lipinski definition) is 0. The van der Waals surface area contributed by atoms with E-state index in [1.165, 1.54) is 0 Å². The summed E-state index contributed by atoms with van der Waals surface area (Å²) in [7, 11) is 3.84. The Morgan fingerprint density at radius 3 is 2.74 bits per heavy atom. The second-order valence-corrected chi connectivity index (χ2v) is 4.69. The molecule has 2 aromatic rings. The Bertz CT molecular complexity index is 644. The number of rotatable bonds is 4. The van der Waals surface area contributed by atoms with E-state index in [-0.39, 0.29) is 0 Å². The fraction of sp³-hybridized carbons (Fsp3) is 0.333. The summed E-state index contributed by atoms with van der Waals surface area (Å²) in [6.07, 6.45) is 2.75. The summed E-state index contributed by atoms with van der Waals surface area (Å²) < 4.78 is 2.12. The Morgan fingerprint density at radius 1 is 1.37 bits per heavy atom. The van der Waals surface area contributed by atoms with Crippen LogP contribution < -0.4 is 0 Å². The Labute approximate surface area is 113 Å². The van der Waals surface area contributed by atoms with Gasteiger partial charge in [0.2, 0.25) is 0 Å². The summed E-state index contributed by atoms with van der Waals surface area (Å²) in [4.78, 5) is 6.34. The van der Waals surface area contributed by atoms with Gasteiger partial charge in [-0.05, 0) is 12.5 Å². The summed E-state index contributed by atoms with van der Waals surface area (Å²) in [6.45, 7) is 2.99. The predicted molar refractivity (Wildman–Crippen MR) is 78.8 cm³/mol.